The van der Waals surface area contributed by atoms with Crippen LogP contribution in [0, 0.1) is 6.92 Å². The van der Waals surface area contributed by atoms with Crippen LogP contribution in [-0.2, 0) is 11.2 Å². The molecule has 0 unspecified atom stereocenters. The van der Waals surface area contributed by atoms with Gasteiger partial charge in [0, 0.05) is 6.54 Å². The maximum atomic E-state index is 12.4. The van der Waals surface area contributed by atoms with Crippen LogP contribution in [0.5, 0.6) is 0 Å². The third kappa shape index (κ3) is 4.51. The molecule has 0 radical (unpaired) electrons. The first-order chi connectivity index (χ1) is 13.1. The Morgan fingerprint density at radius 3 is 2.63 bits per heavy atom. The minimum atomic E-state index is -0.359. The maximum absolute atomic E-state index is 12.4. The SMILES string of the molecule is COC(=O)c1ccc(CCNC(=O)c2nnn(C3CCNCC3)c2C)cc1. The summed E-state index contributed by atoms with van der Waals surface area (Å²) in [4.78, 5) is 23.9. The molecule has 0 spiro atoms. The molecular weight excluding hydrogens is 346 g/mol. The summed E-state index contributed by atoms with van der Waals surface area (Å²) in [7, 11) is 1.36. The minimum Gasteiger partial charge on any atom is -0.465 e. The Labute approximate surface area is 158 Å². The van der Waals surface area contributed by atoms with Crippen LogP contribution in [0.4, 0.5) is 0 Å². The Balaban J connectivity index is 1.53. The average Bonchev–Trinajstić information content (AvgIpc) is 3.10. The van der Waals surface area contributed by atoms with Gasteiger partial charge in [-0.2, -0.15) is 0 Å². The molecule has 1 aromatic carbocycles. The van der Waals surface area contributed by atoms with Crippen molar-refractivity contribution in [3.05, 3.63) is 46.8 Å². The lowest BCUT2D eigenvalue weighted by atomic mass is 10.1. The summed E-state index contributed by atoms with van der Waals surface area (Å²) < 4.78 is 6.56. The first-order valence-electron chi connectivity index (χ1n) is 9.18. The highest BCUT2D eigenvalue weighted by molar-refractivity contribution is 5.93. The van der Waals surface area contributed by atoms with Gasteiger partial charge < -0.3 is 15.4 Å². The van der Waals surface area contributed by atoms with Crippen LogP contribution in [0.25, 0.3) is 0 Å². The number of ether oxygens (including phenoxy) is 1. The summed E-state index contributed by atoms with van der Waals surface area (Å²) in [5.74, 6) is -0.568. The van der Waals surface area contributed by atoms with Crippen LogP contribution in [0.15, 0.2) is 24.3 Å². The number of aromatic nitrogens is 3. The van der Waals surface area contributed by atoms with Crippen molar-refractivity contribution in [3.8, 4) is 0 Å². The first kappa shape index (κ1) is 19.0. The van der Waals surface area contributed by atoms with E-state index in [0.29, 0.717) is 30.3 Å². The van der Waals surface area contributed by atoms with E-state index in [9.17, 15) is 9.59 Å². The monoisotopic (exact) mass is 371 g/mol. The van der Waals surface area contributed by atoms with E-state index in [-0.39, 0.29) is 11.9 Å². The number of esters is 1. The normalized spacial score (nSPS) is 14.7. The molecule has 0 saturated carbocycles. The highest BCUT2D eigenvalue weighted by Gasteiger charge is 2.22. The molecule has 1 aliphatic heterocycles. The Kier molecular flexibility index (Phi) is 6.18. The number of piperidine rings is 1. The second-order valence-electron chi connectivity index (χ2n) is 6.64. The lowest BCUT2D eigenvalue weighted by molar-refractivity contribution is 0.0600. The molecule has 0 aliphatic carbocycles. The Bertz CT molecular complexity index is 794. The number of benzene rings is 1. The van der Waals surface area contributed by atoms with E-state index < -0.39 is 0 Å². The Morgan fingerprint density at radius 2 is 1.96 bits per heavy atom. The van der Waals surface area contributed by atoms with Gasteiger partial charge in [0.05, 0.1) is 24.4 Å². The van der Waals surface area contributed by atoms with Crippen molar-refractivity contribution in [1.82, 2.24) is 25.6 Å². The van der Waals surface area contributed by atoms with Crippen molar-refractivity contribution in [2.24, 2.45) is 0 Å². The van der Waals surface area contributed by atoms with E-state index in [2.05, 4.69) is 25.7 Å². The molecule has 8 heteroatoms. The number of hydrogen-bond donors (Lipinski definition) is 2. The van der Waals surface area contributed by atoms with E-state index in [1.54, 1.807) is 12.1 Å². The molecular formula is C19H25N5O3. The molecule has 1 aliphatic rings. The molecule has 8 nitrogen and oxygen atoms in total. The van der Waals surface area contributed by atoms with E-state index in [4.69, 9.17) is 0 Å². The molecule has 1 saturated heterocycles. The second kappa shape index (κ2) is 8.77. The van der Waals surface area contributed by atoms with Gasteiger partial charge >= 0.3 is 5.97 Å². The molecule has 1 aromatic heterocycles. The van der Waals surface area contributed by atoms with Crippen LogP contribution in [-0.4, -0.2) is 53.6 Å². The van der Waals surface area contributed by atoms with Crippen molar-refractivity contribution in [2.45, 2.75) is 32.2 Å². The number of carbonyl (C=O) groups is 2. The fourth-order valence-corrected chi connectivity index (χ4v) is 3.28. The van der Waals surface area contributed by atoms with Gasteiger partial charge in [-0.05, 0) is 57.0 Å². The summed E-state index contributed by atoms with van der Waals surface area (Å²) in [5, 5.41) is 14.5. The number of rotatable bonds is 6. The molecule has 1 amide bonds. The Morgan fingerprint density at radius 1 is 1.26 bits per heavy atom. The van der Waals surface area contributed by atoms with Gasteiger partial charge in [0.15, 0.2) is 5.69 Å². The Hall–Kier alpha value is -2.74. The molecule has 1 fully saturated rings. The van der Waals surface area contributed by atoms with Crippen molar-refractivity contribution in [3.63, 3.8) is 0 Å². The van der Waals surface area contributed by atoms with E-state index in [1.165, 1.54) is 7.11 Å². The molecule has 0 atom stereocenters. The van der Waals surface area contributed by atoms with Crippen molar-refractivity contribution < 1.29 is 14.3 Å². The molecule has 2 heterocycles. The zero-order chi connectivity index (χ0) is 19.2. The lowest BCUT2D eigenvalue weighted by Crippen LogP contribution is -2.30. The van der Waals surface area contributed by atoms with Crippen molar-refractivity contribution in [2.75, 3.05) is 26.7 Å². The zero-order valence-corrected chi connectivity index (χ0v) is 15.7. The summed E-state index contributed by atoms with van der Waals surface area (Å²) in [6, 6.07) is 7.46. The van der Waals surface area contributed by atoms with Gasteiger partial charge in [-0.3, -0.25) is 4.79 Å². The highest BCUT2D eigenvalue weighted by atomic mass is 16.5. The van der Waals surface area contributed by atoms with Crippen LogP contribution in [0.2, 0.25) is 0 Å². The number of nitrogens with one attached hydrogen (secondary N) is 2. The van der Waals surface area contributed by atoms with E-state index in [1.807, 2.05) is 23.7 Å². The standard InChI is InChI=1S/C19H25N5O3/c1-13-17(22-23-24(13)16-8-10-20-11-9-16)18(25)21-12-7-14-3-5-15(6-4-14)19(26)27-2/h3-6,16,20H,7-12H2,1-2H3,(H,21,25). The summed E-state index contributed by atoms with van der Waals surface area (Å²) in [5.41, 5.74) is 2.73. The minimum absolute atomic E-state index is 0.209. The van der Waals surface area contributed by atoms with Gasteiger partial charge in [-0.15, -0.1) is 5.10 Å². The first-order valence-corrected chi connectivity index (χ1v) is 9.18. The number of hydrogen-bond acceptors (Lipinski definition) is 6. The fraction of sp³-hybridized carbons (Fsp3) is 0.474. The van der Waals surface area contributed by atoms with Gasteiger partial charge in [-0.25, -0.2) is 9.48 Å². The number of nitrogens with zero attached hydrogens (tertiary/aromatic N) is 3. The zero-order valence-electron chi connectivity index (χ0n) is 15.7. The molecule has 2 N–H and O–H groups in total. The van der Waals surface area contributed by atoms with E-state index >= 15 is 0 Å². The third-order valence-corrected chi connectivity index (χ3v) is 4.87. The number of carbonyl (C=O) groups excluding carboxylic acids is 2. The van der Waals surface area contributed by atoms with Crippen LogP contribution in [0.1, 0.15) is 51.0 Å². The van der Waals surface area contributed by atoms with Crippen LogP contribution in [0.3, 0.4) is 0 Å². The van der Waals surface area contributed by atoms with Gasteiger partial charge in [0.1, 0.15) is 0 Å². The largest absolute Gasteiger partial charge is 0.465 e. The summed E-state index contributed by atoms with van der Waals surface area (Å²) in [6.07, 6.45) is 2.65. The highest BCUT2D eigenvalue weighted by Crippen LogP contribution is 2.20. The quantitative estimate of drug-likeness (QED) is 0.742. The average molecular weight is 371 g/mol. The molecule has 2 aromatic rings. The van der Waals surface area contributed by atoms with Gasteiger partial charge in [0.2, 0.25) is 0 Å². The van der Waals surface area contributed by atoms with Gasteiger partial charge in [0.25, 0.3) is 5.91 Å². The number of methoxy groups -OCH3 is 1. The predicted octanol–water partition coefficient (Wildman–Crippen LogP) is 1.27. The van der Waals surface area contributed by atoms with Crippen molar-refractivity contribution >= 4 is 11.9 Å². The van der Waals surface area contributed by atoms with E-state index in [0.717, 1.165) is 37.2 Å². The number of amides is 1. The fourth-order valence-electron chi connectivity index (χ4n) is 3.28. The van der Waals surface area contributed by atoms with Crippen LogP contribution < -0.4 is 10.6 Å². The molecule has 27 heavy (non-hydrogen) atoms. The van der Waals surface area contributed by atoms with Crippen LogP contribution >= 0.6 is 0 Å². The topological polar surface area (TPSA) is 98.1 Å². The molecule has 144 valence electrons. The lowest BCUT2D eigenvalue weighted by Gasteiger charge is -2.23. The van der Waals surface area contributed by atoms with Gasteiger partial charge in [-0.1, -0.05) is 17.3 Å². The third-order valence-electron chi connectivity index (χ3n) is 4.87. The second-order valence-corrected chi connectivity index (χ2v) is 6.64. The predicted molar refractivity (Wildman–Crippen MR) is 99.7 cm³/mol. The summed E-state index contributed by atoms with van der Waals surface area (Å²) >= 11 is 0. The molecule has 0 bridgehead atoms. The maximum Gasteiger partial charge on any atom is 0.337 e. The smallest absolute Gasteiger partial charge is 0.337 e. The summed E-state index contributed by atoms with van der Waals surface area (Å²) in [6.45, 7) is 4.29. The van der Waals surface area contributed by atoms with Crippen molar-refractivity contribution in [1.29, 1.82) is 0 Å². The molecule has 3 rings (SSSR count).